The normalized spacial score (nSPS) is 10.9. The first-order valence-corrected chi connectivity index (χ1v) is 10.9. The van der Waals surface area contributed by atoms with Crippen molar-refractivity contribution in [3.8, 4) is 23.0 Å². The standard InChI is InChI=1S/C24H19O4P.ClH/c25-17-1-9-21(10-2-17)29(22-11-3-18(26)4-12-22,23-13-5-19(27)6-14-23)24-15-7-20(28)8-16-24;/h1-16H,(H3-,25,26,27,28);1H. The van der Waals surface area contributed by atoms with Crippen LogP contribution in [0, 0.1) is 0 Å². The Morgan fingerprint density at radius 1 is 0.333 bits per heavy atom. The lowest BCUT2D eigenvalue weighted by Gasteiger charge is -2.27. The molecular formula is C24H20ClO4P. The molecule has 0 unspecified atom stereocenters. The van der Waals surface area contributed by atoms with Gasteiger partial charge < -0.3 is 32.8 Å². The van der Waals surface area contributed by atoms with Crippen LogP contribution in [-0.4, -0.2) is 20.4 Å². The van der Waals surface area contributed by atoms with Gasteiger partial charge in [0.05, 0.1) is 0 Å². The lowest BCUT2D eigenvalue weighted by molar-refractivity contribution is -0.00000973. The van der Waals surface area contributed by atoms with Crippen LogP contribution >= 0.6 is 7.26 Å². The molecule has 0 aromatic heterocycles. The molecule has 0 radical (unpaired) electrons. The van der Waals surface area contributed by atoms with E-state index in [0.717, 1.165) is 21.2 Å². The van der Waals surface area contributed by atoms with E-state index in [-0.39, 0.29) is 35.4 Å². The molecule has 152 valence electrons. The largest absolute Gasteiger partial charge is 1.00 e. The van der Waals surface area contributed by atoms with E-state index in [1.165, 1.54) is 0 Å². The molecule has 0 aliphatic heterocycles. The number of phenols is 4. The highest BCUT2D eigenvalue weighted by atomic mass is 35.5. The Balaban J connectivity index is 0.00000256. The van der Waals surface area contributed by atoms with Crippen molar-refractivity contribution in [3.05, 3.63) is 97.1 Å². The molecule has 4 N–H and O–H groups in total. The molecule has 0 bridgehead atoms. The van der Waals surface area contributed by atoms with Gasteiger partial charge in [-0.2, -0.15) is 0 Å². The van der Waals surface area contributed by atoms with Crippen LogP contribution in [0.5, 0.6) is 23.0 Å². The molecule has 0 atom stereocenters. The maximum Gasteiger partial charge on any atom is 0.144 e. The summed E-state index contributed by atoms with van der Waals surface area (Å²) in [6.07, 6.45) is 0. The van der Waals surface area contributed by atoms with E-state index >= 15 is 0 Å². The number of halogens is 1. The zero-order valence-corrected chi connectivity index (χ0v) is 17.5. The summed E-state index contributed by atoms with van der Waals surface area (Å²) >= 11 is 0. The predicted molar refractivity (Wildman–Crippen MR) is 118 cm³/mol. The first-order valence-electron chi connectivity index (χ1n) is 9.07. The van der Waals surface area contributed by atoms with Gasteiger partial charge in [0.1, 0.15) is 51.5 Å². The number of hydrogen-bond acceptors (Lipinski definition) is 4. The SMILES string of the molecule is Oc1ccc([P+](c2ccc(O)cc2)(c2ccc(O)cc2)c2ccc(O)cc2)cc1.[Cl-]. The van der Waals surface area contributed by atoms with Crippen molar-refractivity contribution in [1.82, 2.24) is 0 Å². The zero-order chi connectivity index (χ0) is 20.4. The van der Waals surface area contributed by atoms with Crippen molar-refractivity contribution in [3.63, 3.8) is 0 Å². The Bertz CT molecular complexity index is 922. The van der Waals surface area contributed by atoms with Gasteiger partial charge in [-0.25, -0.2) is 0 Å². The first-order chi connectivity index (χ1) is 14.0. The van der Waals surface area contributed by atoms with Crippen molar-refractivity contribution in [1.29, 1.82) is 0 Å². The Kier molecular flexibility index (Phi) is 6.21. The fourth-order valence-corrected chi connectivity index (χ4v) is 7.77. The third kappa shape index (κ3) is 3.80. The maximum atomic E-state index is 9.86. The molecule has 0 saturated carbocycles. The fourth-order valence-electron chi connectivity index (χ4n) is 3.60. The Morgan fingerprint density at radius 2 is 0.500 bits per heavy atom. The van der Waals surface area contributed by atoms with Crippen molar-refractivity contribution in [2.24, 2.45) is 0 Å². The highest BCUT2D eigenvalue weighted by Crippen LogP contribution is 2.54. The van der Waals surface area contributed by atoms with E-state index in [4.69, 9.17) is 0 Å². The highest BCUT2D eigenvalue weighted by molar-refractivity contribution is 8.01. The molecule has 4 nitrogen and oxygen atoms in total. The van der Waals surface area contributed by atoms with Gasteiger partial charge in [-0.05, 0) is 97.1 Å². The number of rotatable bonds is 4. The van der Waals surface area contributed by atoms with E-state index in [9.17, 15) is 20.4 Å². The van der Waals surface area contributed by atoms with Gasteiger partial charge in [-0.15, -0.1) is 0 Å². The van der Waals surface area contributed by atoms with Crippen molar-refractivity contribution in [2.45, 2.75) is 0 Å². The van der Waals surface area contributed by atoms with Crippen LogP contribution in [0.3, 0.4) is 0 Å². The van der Waals surface area contributed by atoms with E-state index in [1.807, 2.05) is 48.5 Å². The van der Waals surface area contributed by atoms with Gasteiger partial charge in [0.2, 0.25) is 0 Å². The summed E-state index contributed by atoms with van der Waals surface area (Å²) in [7, 11) is -2.43. The van der Waals surface area contributed by atoms with Gasteiger partial charge >= 0.3 is 0 Å². The van der Waals surface area contributed by atoms with Crippen molar-refractivity contribution in [2.75, 3.05) is 0 Å². The summed E-state index contributed by atoms with van der Waals surface area (Å²) in [5, 5.41) is 43.4. The Hall–Kier alpha value is -3.20. The Labute approximate surface area is 181 Å². The average Bonchev–Trinajstić information content (AvgIpc) is 2.73. The van der Waals surface area contributed by atoms with Crippen LogP contribution in [-0.2, 0) is 0 Å². The van der Waals surface area contributed by atoms with Crippen LogP contribution < -0.4 is 33.6 Å². The predicted octanol–water partition coefficient (Wildman–Crippen LogP) is 0.132. The van der Waals surface area contributed by atoms with Crippen LogP contribution in [0.2, 0.25) is 0 Å². The van der Waals surface area contributed by atoms with Gasteiger partial charge in [-0.3, -0.25) is 0 Å². The second kappa shape index (κ2) is 8.66. The molecule has 0 spiro atoms. The van der Waals surface area contributed by atoms with E-state index in [1.54, 1.807) is 48.5 Å². The first kappa shape index (κ1) is 21.5. The number of benzene rings is 4. The molecule has 0 amide bonds. The smallest absolute Gasteiger partial charge is 0.144 e. The third-order valence-corrected chi connectivity index (χ3v) is 9.24. The molecule has 30 heavy (non-hydrogen) atoms. The molecular weight excluding hydrogens is 419 g/mol. The molecule has 0 saturated heterocycles. The lowest BCUT2D eigenvalue weighted by Crippen LogP contribution is -3.00. The van der Waals surface area contributed by atoms with E-state index in [2.05, 4.69) is 0 Å². The van der Waals surface area contributed by atoms with Crippen LogP contribution in [0.25, 0.3) is 0 Å². The topological polar surface area (TPSA) is 80.9 Å². The number of phenolic OH excluding ortho intramolecular Hbond substituents is 4. The number of aromatic hydroxyl groups is 4. The number of hydrogen-bond donors (Lipinski definition) is 4. The van der Waals surface area contributed by atoms with Gasteiger partial charge in [0.15, 0.2) is 0 Å². The van der Waals surface area contributed by atoms with E-state index < -0.39 is 7.26 Å². The second-order valence-electron chi connectivity index (χ2n) is 6.74. The molecule has 4 rings (SSSR count). The molecule has 0 heterocycles. The van der Waals surface area contributed by atoms with Crippen LogP contribution in [0.1, 0.15) is 0 Å². The van der Waals surface area contributed by atoms with Gasteiger partial charge in [-0.1, -0.05) is 0 Å². The lowest BCUT2D eigenvalue weighted by atomic mass is 10.3. The van der Waals surface area contributed by atoms with E-state index in [0.29, 0.717) is 0 Å². The third-order valence-electron chi connectivity index (χ3n) is 4.95. The molecule has 4 aromatic carbocycles. The summed E-state index contributed by atoms with van der Waals surface area (Å²) in [5.74, 6) is 0.700. The van der Waals surface area contributed by atoms with Crippen LogP contribution in [0.4, 0.5) is 0 Å². The minimum atomic E-state index is -2.43. The summed E-state index contributed by atoms with van der Waals surface area (Å²) in [6.45, 7) is 0. The zero-order valence-electron chi connectivity index (χ0n) is 15.9. The summed E-state index contributed by atoms with van der Waals surface area (Å²) in [6, 6.07) is 28.5. The summed E-state index contributed by atoms with van der Waals surface area (Å²) in [5.41, 5.74) is 0. The molecule has 0 aliphatic carbocycles. The minimum absolute atomic E-state index is 0. The highest BCUT2D eigenvalue weighted by Gasteiger charge is 2.48. The molecule has 0 aliphatic rings. The van der Waals surface area contributed by atoms with Crippen molar-refractivity contribution >= 4 is 28.5 Å². The quantitative estimate of drug-likeness (QED) is 0.342. The van der Waals surface area contributed by atoms with Crippen molar-refractivity contribution < 1.29 is 32.8 Å². The minimum Gasteiger partial charge on any atom is -1.00 e. The molecule has 4 aromatic rings. The average molecular weight is 439 g/mol. The monoisotopic (exact) mass is 438 g/mol. The second-order valence-corrected chi connectivity index (χ2v) is 10.1. The molecule has 6 heteroatoms. The summed E-state index contributed by atoms with van der Waals surface area (Å²) in [4.78, 5) is 0. The van der Waals surface area contributed by atoms with Crippen LogP contribution in [0.15, 0.2) is 97.1 Å². The summed E-state index contributed by atoms with van der Waals surface area (Å²) < 4.78 is 0. The maximum absolute atomic E-state index is 9.86. The Morgan fingerprint density at radius 3 is 0.667 bits per heavy atom. The fraction of sp³-hybridized carbons (Fsp3) is 0. The van der Waals surface area contributed by atoms with Gasteiger partial charge in [0.25, 0.3) is 0 Å². The molecule has 0 fully saturated rings. The van der Waals surface area contributed by atoms with Gasteiger partial charge in [0, 0.05) is 0 Å².